The summed E-state index contributed by atoms with van der Waals surface area (Å²) >= 11 is 0. The van der Waals surface area contributed by atoms with Gasteiger partial charge in [-0.25, -0.2) is 0 Å². The van der Waals surface area contributed by atoms with E-state index in [-0.39, 0.29) is 36.7 Å². The molecular weight excluding hydrogens is 290 g/mol. The van der Waals surface area contributed by atoms with E-state index in [0.717, 1.165) is 22.3 Å². The highest BCUT2D eigenvalue weighted by Gasteiger charge is 2.52. The fraction of sp³-hybridized carbons (Fsp3) is 0.421. The van der Waals surface area contributed by atoms with Crippen LogP contribution in [0.4, 0.5) is 0 Å². The number of carbonyl (C=O) groups is 3. The largest absolute Gasteiger partial charge is 0.349 e. The number of hydrogen-bond donors (Lipinski definition) is 1. The molecule has 4 heteroatoms. The summed E-state index contributed by atoms with van der Waals surface area (Å²) in [5.74, 6) is 4.89. The Morgan fingerprint density at radius 3 is 2.00 bits per heavy atom. The van der Waals surface area contributed by atoms with Crippen LogP contribution >= 0.6 is 0 Å². The zero-order valence-electron chi connectivity index (χ0n) is 13.6. The van der Waals surface area contributed by atoms with Gasteiger partial charge in [-0.05, 0) is 49.6 Å². The number of ketones is 2. The van der Waals surface area contributed by atoms with Crippen LogP contribution in [0.5, 0.6) is 0 Å². The lowest BCUT2D eigenvalue weighted by Crippen LogP contribution is -2.65. The molecule has 1 N–H and O–H groups in total. The summed E-state index contributed by atoms with van der Waals surface area (Å²) in [7, 11) is 0. The van der Waals surface area contributed by atoms with Crippen LogP contribution < -0.4 is 5.32 Å². The number of carbonyl (C=O) groups excluding carboxylic acids is 3. The van der Waals surface area contributed by atoms with Crippen molar-refractivity contribution in [3.05, 3.63) is 34.4 Å². The highest BCUT2D eigenvalue weighted by atomic mass is 16.2. The molecule has 0 bridgehead atoms. The highest BCUT2D eigenvalue weighted by molar-refractivity contribution is 6.12. The Labute approximate surface area is 135 Å². The van der Waals surface area contributed by atoms with Gasteiger partial charge in [-0.1, -0.05) is 5.92 Å². The van der Waals surface area contributed by atoms with E-state index in [2.05, 4.69) is 17.2 Å². The van der Waals surface area contributed by atoms with E-state index in [1.165, 1.54) is 0 Å². The van der Waals surface area contributed by atoms with Crippen LogP contribution in [0.3, 0.4) is 0 Å². The molecule has 1 aromatic carbocycles. The summed E-state index contributed by atoms with van der Waals surface area (Å²) in [6, 6.07) is 3.85. The maximum Gasteiger partial charge on any atom is 0.222 e. The Hall–Kier alpha value is -2.41. The topological polar surface area (TPSA) is 63.2 Å². The number of aryl methyl sites for hydroxylation is 2. The number of β-lactam (4-membered cyclic amide) rings is 1. The van der Waals surface area contributed by atoms with Crippen LogP contribution in [0.25, 0.3) is 0 Å². The van der Waals surface area contributed by atoms with Gasteiger partial charge in [0.05, 0.1) is 12.0 Å². The first kappa shape index (κ1) is 15.5. The molecule has 1 spiro atoms. The molecule has 118 valence electrons. The lowest BCUT2D eigenvalue weighted by Gasteiger charge is -2.45. The number of amides is 1. The molecule has 1 saturated heterocycles. The van der Waals surface area contributed by atoms with Crippen LogP contribution in [0, 0.1) is 25.7 Å². The minimum absolute atomic E-state index is 0.0843. The molecule has 1 aromatic rings. The second-order valence-electron chi connectivity index (χ2n) is 6.62. The Balaban J connectivity index is 1.96. The first-order valence-corrected chi connectivity index (χ1v) is 7.75. The number of rotatable bonds is 1. The maximum absolute atomic E-state index is 12.6. The van der Waals surface area contributed by atoms with E-state index in [1.54, 1.807) is 6.92 Å². The lowest BCUT2D eigenvalue weighted by atomic mass is 9.67. The number of Topliss-reactive ketones (excluding diaryl/α,β-unsaturated/α-hetero) is 2. The van der Waals surface area contributed by atoms with Gasteiger partial charge in [0.25, 0.3) is 0 Å². The third-order valence-electron chi connectivity index (χ3n) is 4.72. The molecule has 4 nitrogen and oxygen atoms in total. The Morgan fingerprint density at radius 1 is 1.04 bits per heavy atom. The van der Waals surface area contributed by atoms with Crippen molar-refractivity contribution in [1.29, 1.82) is 0 Å². The quantitative estimate of drug-likeness (QED) is 0.490. The predicted octanol–water partition coefficient (Wildman–Crippen LogP) is 1.95. The number of hydrogen-bond acceptors (Lipinski definition) is 3. The summed E-state index contributed by atoms with van der Waals surface area (Å²) in [4.78, 5) is 36.5. The van der Waals surface area contributed by atoms with Crippen LogP contribution in [0.15, 0.2) is 12.1 Å². The molecule has 0 aromatic heterocycles. The van der Waals surface area contributed by atoms with Crippen LogP contribution in [-0.4, -0.2) is 23.0 Å². The van der Waals surface area contributed by atoms with Crippen molar-refractivity contribution in [2.24, 2.45) is 0 Å². The van der Waals surface area contributed by atoms with Gasteiger partial charge in [0, 0.05) is 18.4 Å². The van der Waals surface area contributed by atoms with Crippen molar-refractivity contribution in [2.45, 2.75) is 51.5 Å². The van der Waals surface area contributed by atoms with E-state index in [9.17, 15) is 14.4 Å². The second-order valence-corrected chi connectivity index (χ2v) is 6.62. The Morgan fingerprint density at radius 2 is 1.57 bits per heavy atom. The van der Waals surface area contributed by atoms with Gasteiger partial charge in [-0.3, -0.25) is 14.4 Å². The maximum atomic E-state index is 12.6. The van der Waals surface area contributed by atoms with Gasteiger partial charge in [0.1, 0.15) is 17.5 Å². The van der Waals surface area contributed by atoms with Gasteiger partial charge in [0.15, 0.2) is 0 Å². The minimum atomic E-state index is -0.707. The van der Waals surface area contributed by atoms with Crippen molar-refractivity contribution in [3.8, 4) is 11.8 Å². The molecule has 0 unspecified atom stereocenters. The molecule has 3 rings (SSSR count). The average Bonchev–Trinajstić information content (AvgIpc) is 2.40. The molecule has 1 aliphatic carbocycles. The van der Waals surface area contributed by atoms with Crippen LogP contribution in [0.1, 0.15) is 54.4 Å². The Kier molecular flexibility index (Phi) is 3.60. The monoisotopic (exact) mass is 309 g/mol. The molecule has 23 heavy (non-hydrogen) atoms. The molecule has 1 amide bonds. The van der Waals surface area contributed by atoms with Crippen molar-refractivity contribution < 1.29 is 14.4 Å². The average molecular weight is 309 g/mol. The first-order chi connectivity index (χ1) is 10.8. The van der Waals surface area contributed by atoms with Crippen LogP contribution in [0.2, 0.25) is 0 Å². The predicted molar refractivity (Wildman–Crippen MR) is 85.9 cm³/mol. The fourth-order valence-corrected chi connectivity index (χ4v) is 3.88. The van der Waals surface area contributed by atoms with Crippen LogP contribution in [-0.2, 0) is 14.4 Å². The van der Waals surface area contributed by atoms with Crippen molar-refractivity contribution in [1.82, 2.24) is 5.32 Å². The molecule has 1 heterocycles. The SMILES string of the molecule is CC#Cc1cc(C)c(C2C(=O)CC3(CC(=O)N3)CC2=O)c(C)c1. The second kappa shape index (κ2) is 5.34. The van der Waals surface area contributed by atoms with Crippen molar-refractivity contribution in [2.75, 3.05) is 0 Å². The third kappa shape index (κ3) is 2.57. The van der Waals surface area contributed by atoms with E-state index in [0.29, 0.717) is 0 Å². The van der Waals surface area contributed by atoms with E-state index >= 15 is 0 Å². The standard InChI is InChI=1S/C19H19NO3/c1-4-5-13-6-11(2)17(12(3)7-13)18-14(21)8-19(9-15(18)22)10-16(23)20-19/h6-7,18H,8-10H2,1-3H3,(H,20,23). The molecule has 2 fully saturated rings. The van der Waals surface area contributed by atoms with E-state index in [1.807, 2.05) is 26.0 Å². The minimum Gasteiger partial charge on any atom is -0.349 e. The smallest absolute Gasteiger partial charge is 0.222 e. The zero-order valence-corrected chi connectivity index (χ0v) is 13.6. The van der Waals surface area contributed by atoms with Gasteiger partial charge < -0.3 is 5.32 Å². The first-order valence-electron chi connectivity index (χ1n) is 7.75. The van der Waals surface area contributed by atoms with Gasteiger partial charge in [0.2, 0.25) is 5.91 Å². The van der Waals surface area contributed by atoms with Gasteiger partial charge >= 0.3 is 0 Å². The van der Waals surface area contributed by atoms with Gasteiger partial charge in [-0.15, -0.1) is 5.92 Å². The fourth-order valence-electron chi connectivity index (χ4n) is 3.88. The van der Waals surface area contributed by atoms with Gasteiger partial charge in [-0.2, -0.15) is 0 Å². The molecular formula is C19H19NO3. The lowest BCUT2D eigenvalue weighted by molar-refractivity contribution is -0.143. The molecule has 1 aliphatic heterocycles. The summed E-state index contributed by atoms with van der Waals surface area (Å²) in [6.07, 6.45) is 0.759. The van der Waals surface area contributed by atoms with E-state index < -0.39 is 11.5 Å². The highest BCUT2D eigenvalue weighted by Crippen LogP contribution is 2.40. The third-order valence-corrected chi connectivity index (χ3v) is 4.72. The van der Waals surface area contributed by atoms with Crippen molar-refractivity contribution >= 4 is 17.5 Å². The summed E-state index contributed by atoms with van der Waals surface area (Å²) in [6.45, 7) is 5.61. The number of benzene rings is 1. The summed E-state index contributed by atoms with van der Waals surface area (Å²) in [5, 5.41) is 2.75. The molecule has 0 atom stereocenters. The number of nitrogens with one attached hydrogen (secondary N) is 1. The normalized spacial score (nSPS) is 26.4. The zero-order chi connectivity index (χ0) is 16.8. The Bertz CT molecular complexity index is 744. The summed E-state index contributed by atoms with van der Waals surface area (Å²) in [5.41, 5.74) is 2.93. The molecule has 2 aliphatic rings. The van der Waals surface area contributed by atoms with Crippen molar-refractivity contribution in [3.63, 3.8) is 0 Å². The molecule has 1 saturated carbocycles. The van der Waals surface area contributed by atoms with E-state index in [4.69, 9.17) is 0 Å². The molecule has 0 radical (unpaired) electrons. The summed E-state index contributed by atoms with van der Waals surface area (Å²) < 4.78 is 0.